The fourth-order valence-corrected chi connectivity index (χ4v) is 1.51. The molecule has 0 unspecified atom stereocenters. The number of nitrogens with zero attached hydrogens (tertiary/aromatic N) is 2. The number of fused-ring (bicyclic) bond motifs is 1. The van der Waals surface area contributed by atoms with Gasteiger partial charge in [-0.25, -0.2) is 0 Å². The molecule has 1 aromatic carbocycles. The molecule has 0 saturated carbocycles. The minimum atomic E-state index is -4.45. The number of pyridine rings is 1. The Hall–Kier alpha value is -2.29. The largest absolute Gasteiger partial charge is 0.482 e. The maximum absolute atomic E-state index is 12.2. The van der Waals surface area contributed by atoms with E-state index >= 15 is 0 Å². The zero-order valence-electron chi connectivity index (χ0n) is 9.03. The zero-order chi connectivity index (χ0) is 13.2. The van der Waals surface area contributed by atoms with Gasteiger partial charge in [-0.3, -0.25) is 4.98 Å². The fraction of sp³-hybridized carbons (Fsp3) is 0.167. The second-order valence-electron chi connectivity index (χ2n) is 3.53. The van der Waals surface area contributed by atoms with E-state index in [0.717, 1.165) is 0 Å². The lowest BCUT2D eigenvalue weighted by Gasteiger charge is -2.12. The number of nitriles is 1. The summed E-state index contributed by atoms with van der Waals surface area (Å²) >= 11 is 0. The van der Waals surface area contributed by atoms with Crippen LogP contribution in [0.1, 0.15) is 5.56 Å². The molecule has 18 heavy (non-hydrogen) atoms. The normalized spacial score (nSPS) is 11.2. The molecule has 1 heterocycles. The van der Waals surface area contributed by atoms with Gasteiger partial charge >= 0.3 is 6.18 Å². The van der Waals surface area contributed by atoms with E-state index in [0.29, 0.717) is 10.9 Å². The number of halogens is 3. The lowest BCUT2D eigenvalue weighted by Crippen LogP contribution is -2.19. The van der Waals surface area contributed by atoms with E-state index in [2.05, 4.69) is 4.98 Å². The molecule has 92 valence electrons. The first-order valence-electron chi connectivity index (χ1n) is 4.98. The molecule has 0 amide bonds. The molecule has 2 rings (SSSR count). The Kier molecular flexibility index (Phi) is 3.06. The third-order valence-corrected chi connectivity index (χ3v) is 2.23. The predicted molar refractivity (Wildman–Crippen MR) is 58.0 cm³/mol. The number of rotatable bonds is 2. The van der Waals surface area contributed by atoms with Gasteiger partial charge < -0.3 is 4.74 Å². The Bertz CT molecular complexity index is 617. The summed E-state index contributed by atoms with van der Waals surface area (Å²) in [7, 11) is 0. The van der Waals surface area contributed by atoms with Crippen molar-refractivity contribution in [3.05, 3.63) is 36.0 Å². The second-order valence-corrected chi connectivity index (χ2v) is 3.53. The molecule has 3 nitrogen and oxygen atoms in total. The van der Waals surface area contributed by atoms with Crippen molar-refractivity contribution in [3.8, 4) is 11.8 Å². The van der Waals surface area contributed by atoms with Crippen LogP contribution in [0.25, 0.3) is 10.9 Å². The highest BCUT2D eigenvalue weighted by Gasteiger charge is 2.29. The number of aromatic nitrogens is 1. The molecule has 0 aliphatic rings. The molecule has 0 aliphatic heterocycles. The van der Waals surface area contributed by atoms with Crippen molar-refractivity contribution in [3.63, 3.8) is 0 Å². The number of benzene rings is 1. The van der Waals surface area contributed by atoms with Gasteiger partial charge in [-0.1, -0.05) is 12.1 Å². The van der Waals surface area contributed by atoms with Crippen LogP contribution in [0.3, 0.4) is 0 Å². The van der Waals surface area contributed by atoms with E-state index in [1.54, 1.807) is 30.3 Å². The summed E-state index contributed by atoms with van der Waals surface area (Å²) in [6, 6.07) is 8.32. The van der Waals surface area contributed by atoms with Gasteiger partial charge in [-0.2, -0.15) is 18.4 Å². The van der Waals surface area contributed by atoms with E-state index in [1.165, 1.54) is 6.20 Å². The van der Waals surface area contributed by atoms with Crippen molar-refractivity contribution in [1.29, 1.82) is 5.26 Å². The third kappa shape index (κ3) is 2.51. The Balaban J connectivity index is 2.49. The Morgan fingerprint density at radius 2 is 2.00 bits per heavy atom. The van der Waals surface area contributed by atoms with Crippen LogP contribution in [0.4, 0.5) is 13.2 Å². The molecule has 0 bridgehead atoms. The molecule has 0 fully saturated rings. The highest BCUT2D eigenvalue weighted by atomic mass is 19.4. The van der Waals surface area contributed by atoms with Crippen LogP contribution in [0, 0.1) is 11.3 Å². The SMILES string of the molecule is N#Cc1cnc2ccccc2c1OCC(F)(F)F. The van der Waals surface area contributed by atoms with Crippen LogP contribution in [0.2, 0.25) is 0 Å². The highest BCUT2D eigenvalue weighted by Crippen LogP contribution is 2.29. The van der Waals surface area contributed by atoms with Crippen LogP contribution >= 0.6 is 0 Å². The van der Waals surface area contributed by atoms with Crippen molar-refractivity contribution >= 4 is 10.9 Å². The first kappa shape index (κ1) is 12.2. The highest BCUT2D eigenvalue weighted by molar-refractivity contribution is 5.87. The number of alkyl halides is 3. The van der Waals surface area contributed by atoms with Gasteiger partial charge in [0.05, 0.1) is 5.52 Å². The first-order valence-corrected chi connectivity index (χ1v) is 4.98. The van der Waals surface area contributed by atoms with Crippen LogP contribution in [-0.4, -0.2) is 17.8 Å². The molecule has 0 saturated heterocycles. The molecule has 1 aromatic heterocycles. The topological polar surface area (TPSA) is 45.9 Å². The van der Waals surface area contributed by atoms with Crippen LogP contribution in [0.5, 0.6) is 5.75 Å². The van der Waals surface area contributed by atoms with Gasteiger partial charge in [-0.15, -0.1) is 0 Å². The molecule has 6 heteroatoms. The third-order valence-electron chi connectivity index (χ3n) is 2.23. The maximum atomic E-state index is 12.2. The molecule has 2 aromatic rings. The standard InChI is InChI=1S/C12H7F3N2O/c13-12(14,15)7-18-11-8(5-16)6-17-10-4-2-1-3-9(10)11/h1-4,6H,7H2. The van der Waals surface area contributed by atoms with Crippen molar-refractivity contribution in [2.24, 2.45) is 0 Å². The number of hydrogen-bond acceptors (Lipinski definition) is 3. The summed E-state index contributed by atoms with van der Waals surface area (Å²) in [6.07, 6.45) is -3.24. The average molecular weight is 252 g/mol. The molecule has 0 aliphatic carbocycles. The Labute approximate surface area is 100 Å². The summed E-state index contributed by atoms with van der Waals surface area (Å²) in [5.74, 6) is -0.0829. The summed E-state index contributed by atoms with van der Waals surface area (Å²) in [6.45, 7) is -1.43. The molecule has 0 N–H and O–H groups in total. The van der Waals surface area contributed by atoms with Crippen LogP contribution < -0.4 is 4.74 Å². The molecular weight excluding hydrogens is 245 g/mol. The Morgan fingerprint density at radius 1 is 1.28 bits per heavy atom. The average Bonchev–Trinajstić information content (AvgIpc) is 2.34. The Morgan fingerprint density at radius 3 is 2.67 bits per heavy atom. The minimum absolute atomic E-state index is 0.0158. The van der Waals surface area contributed by atoms with Gasteiger partial charge in [0.1, 0.15) is 17.4 Å². The summed E-state index contributed by atoms with van der Waals surface area (Å²) in [4.78, 5) is 3.97. The summed E-state index contributed by atoms with van der Waals surface area (Å²) in [5, 5.41) is 9.25. The van der Waals surface area contributed by atoms with E-state index < -0.39 is 12.8 Å². The fourth-order valence-electron chi connectivity index (χ4n) is 1.51. The molecule has 0 spiro atoms. The maximum Gasteiger partial charge on any atom is 0.422 e. The van der Waals surface area contributed by atoms with Gasteiger partial charge in [0.2, 0.25) is 0 Å². The van der Waals surface area contributed by atoms with Gasteiger partial charge in [0.25, 0.3) is 0 Å². The summed E-state index contributed by atoms with van der Waals surface area (Å²) in [5.41, 5.74) is 0.464. The second kappa shape index (κ2) is 4.53. The van der Waals surface area contributed by atoms with E-state index in [1.807, 2.05) is 0 Å². The quantitative estimate of drug-likeness (QED) is 0.825. The van der Waals surface area contributed by atoms with Gasteiger partial charge in [0, 0.05) is 11.6 Å². The number of hydrogen-bond donors (Lipinski definition) is 0. The van der Waals surface area contributed by atoms with Gasteiger partial charge in [0.15, 0.2) is 6.61 Å². The molecule has 0 radical (unpaired) electrons. The van der Waals surface area contributed by atoms with E-state index in [9.17, 15) is 13.2 Å². The monoisotopic (exact) mass is 252 g/mol. The van der Waals surface area contributed by atoms with Crippen LogP contribution in [-0.2, 0) is 0 Å². The summed E-state index contributed by atoms with van der Waals surface area (Å²) < 4.78 is 41.2. The van der Waals surface area contributed by atoms with Crippen LogP contribution in [0.15, 0.2) is 30.5 Å². The number of para-hydroxylation sites is 1. The molecule has 0 atom stereocenters. The van der Waals surface area contributed by atoms with Crippen molar-refractivity contribution in [2.75, 3.05) is 6.61 Å². The minimum Gasteiger partial charge on any atom is -0.482 e. The predicted octanol–water partition coefficient (Wildman–Crippen LogP) is 3.05. The smallest absolute Gasteiger partial charge is 0.422 e. The van der Waals surface area contributed by atoms with Gasteiger partial charge in [-0.05, 0) is 12.1 Å². The van der Waals surface area contributed by atoms with Crippen molar-refractivity contribution in [2.45, 2.75) is 6.18 Å². The van der Waals surface area contributed by atoms with Crippen molar-refractivity contribution < 1.29 is 17.9 Å². The molecular formula is C12H7F3N2O. The number of ether oxygens (including phenoxy) is 1. The zero-order valence-corrected chi connectivity index (χ0v) is 9.03. The lowest BCUT2D eigenvalue weighted by atomic mass is 10.1. The van der Waals surface area contributed by atoms with E-state index in [4.69, 9.17) is 10.00 Å². The first-order chi connectivity index (χ1) is 8.51. The van der Waals surface area contributed by atoms with E-state index in [-0.39, 0.29) is 11.3 Å². The lowest BCUT2D eigenvalue weighted by molar-refractivity contribution is -0.153. The van der Waals surface area contributed by atoms with Crippen molar-refractivity contribution in [1.82, 2.24) is 4.98 Å².